The van der Waals surface area contributed by atoms with E-state index < -0.39 is 0 Å². The maximum atomic E-state index is 11.6. The smallest absolute Gasteiger partial charge is 0.302 e. The van der Waals surface area contributed by atoms with Crippen molar-refractivity contribution >= 4 is 5.97 Å². The molecule has 0 bridgehead atoms. The molecule has 0 aromatic rings. The molecule has 0 aromatic carbocycles. The quantitative estimate of drug-likeness (QED) is 0.277. The summed E-state index contributed by atoms with van der Waals surface area (Å²) in [7, 11) is 3.41. The SMILES string of the molecule is CC[C@H]1[C@@H](OCOC)[C@@H]2[C@H](CC[C@]3(C)[C@@H]([C@H](C)CCOC(C)=O)[C@@H](O)C[C@@H]23)[C@@]2(C)CC[C@@H](OCOC)C[C@@H]12. The van der Waals surface area contributed by atoms with E-state index in [-0.39, 0.29) is 46.9 Å². The van der Waals surface area contributed by atoms with Gasteiger partial charge in [-0.1, -0.05) is 34.1 Å². The fourth-order valence-electron chi connectivity index (χ4n) is 10.3. The van der Waals surface area contributed by atoms with Gasteiger partial charge in [0.2, 0.25) is 0 Å². The maximum absolute atomic E-state index is 11.6. The van der Waals surface area contributed by atoms with Crippen LogP contribution in [0.15, 0.2) is 0 Å². The Balaban J connectivity index is 1.64. The predicted octanol–water partition coefficient (Wildman–Crippen LogP) is 5.43. The van der Waals surface area contributed by atoms with E-state index in [0.29, 0.717) is 49.8 Å². The van der Waals surface area contributed by atoms with Crippen molar-refractivity contribution in [3.8, 4) is 0 Å². The lowest BCUT2D eigenvalue weighted by Crippen LogP contribution is -2.63. The van der Waals surface area contributed by atoms with E-state index in [1.807, 2.05) is 0 Å². The van der Waals surface area contributed by atoms with Crippen molar-refractivity contribution in [1.82, 2.24) is 0 Å². The number of hydrogen-bond donors (Lipinski definition) is 1. The lowest BCUT2D eigenvalue weighted by Gasteiger charge is -2.65. The summed E-state index contributed by atoms with van der Waals surface area (Å²) in [5, 5.41) is 11.6. The van der Waals surface area contributed by atoms with Gasteiger partial charge in [-0.2, -0.15) is 0 Å². The van der Waals surface area contributed by atoms with Crippen molar-refractivity contribution in [2.45, 2.75) is 104 Å². The average Bonchev–Trinajstić information content (AvgIpc) is 3.15. The van der Waals surface area contributed by atoms with Gasteiger partial charge in [0.05, 0.1) is 24.9 Å². The zero-order valence-corrected chi connectivity index (χ0v) is 24.9. The van der Waals surface area contributed by atoms with Crippen molar-refractivity contribution < 1.29 is 33.6 Å². The number of hydrogen-bond acceptors (Lipinski definition) is 7. The summed E-state index contributed by atoms with van der Waals surface area (Å²) in [5.74, 6) is 2.63. The largest absolute Gasteiger partial charge is 0.466 e. The molecule has 0 spiro atoms. The zero-order valence-electron chi connectivity index (χ0n) is 24.9. The molecule has 0 saturated heterocycles. The molecule has 1 N–H and O–H groups in total. The standard InChI is InChI=1S/C31H54O7/c1-8-22-24-15-21(37-17-34-6)9-12-30(24,4)23-10-13-31(5)25(27(23)29(22)38-18-35-7)16-26(33)28(31)19(2)11-14-36-20(3)32/h19,21-29,33H,8-18H2,1-7H3/t19-,21-,22-,23+,24+,25+,26+,27-,28+,29-,30-,31+/m1/s1. The van der Waals surface area contributed by atoms with Gasteiger partial charge < -0.3 is 28.8 Å². The molecule has 38 heavy (non-hydrogen) atoms. The summed E-state index contributed by atoms with van der Waals surface area (Å²) in [4.78, 5) is 11.3. The number of esters is 1. The first-order valence-corrected chi connectivity index (χ1v) is 15.1. The summed E-state index contributed by atoms with van der Waals surface area (Å²) in [5.41, 5.74) is 0.293. The van der Waals surface area contributed by atoms with E-state index in [9.17, 15) is 9.90 Å². The number of fused-ring (bicyclic) bond motifs is 5. The molecule has 220 valence electrons. The van der Waals surface area contributed by atoms with Gasteiger partial charge in [-0.3, -0.25) is 4.79 Å². The van der Waals surface area contributed by atoms with Crippen molar-refractivity contribution in [2.24, 2.45) is 52.3 Å². The Morgan fingerprint density at radius 1 is 0.974 bits per heavy atom. The van der Waals surface area contributed by atoms with Crippen LogP contribution in [0, 0.1) is 52.3 Å². The van der Waals surface area contributed by atoms with Crippen LogP contribution in [0.3, 0.4) is 0 Å². The normalized spacial score (nSPS) is 45.1. The first-order chi connectivity index (χ1) is 18.1. The van der Waals surface area contributed by atoms with E-state index >= 15 is 0 Å². The molecule has 7 heteroatoms. The first kappa shape index (κ1) is 30.2. The molecule has 7 nitrogen and oxygen atoms in total. The second kappa shape index (κ2) is 12.4. The minimum Gasteiger partial charge on any atom is -0.466 e. The molecule has 0 amide bonds. The monoisotopic (exact) mass is 538 g/mol. The molecular formula is C31H54O7. The van der Waals surface area contributed by atoms with Gasteiger partial charge in [-0.15, -0.1) is 0 Å². The number of ether oxygens (including phenoxy) is 5. The molecule has 12 atom stereocenters. The maximum Gasteiger partial charge on any atom is 0.302 e. The molecule has 4 aliphatic rings. The van der Waals surface area contributed by atoms with E-state index in [4.69, 9.17) is 23.7 Å². The first-order valence-electron chi connectivity index (χ1n) is 15.1. The zero-order chi connectivity index (χ0) is 27.7. The fourth-order valence-corrected chi connectivity index (χ4v) is 10.3. The van der Waals surface area contributed by atoms with Crippen LogP contribution in [0.25, 0.3) is 0 Å². The van der Waals surface area contributed by atoms with Crippen molar-refractivity contribution in [3.05, 3.63) is 0 Å². The van der Waals surface area contributed by atoms with Crippen LogP contribution in [0.4, 0.5) is 0 Å². The Labute approximate surface area is 230 Å². The third-order valence-electron chi connectivity index (χ3n) is 11.7. The lowest BCUT2D eigenvalue weighted by atomic mass is 9.41. The Bertz CT molecular complexity index is 790. The summed E-state index contributed by atoms with van der Waals surface area (Å²) in [6.45, 7) is 12.1. The molecule has 4 aliphatic carbocycles. The van der Waals surface area contributed by atoms with Gasteiger partial charge in [-0.05, 0) is 97.2 Å². The molecule has 4 rings (SSSR count). The minimum atomic E-state index is -0.331. The summed E-state index contributed by atoms with van der Waals surface area (Å²) in [6.07, 6.45) is 8.37. The van der Waals surface area contributed by atoms with Crippen LogP contribution in [-0.4, -0.2) is 63.8 Å². The number of rotatable bonds is 11. The number of carbonyl (C=O) groups is 1. The second-order valence-corrected chi connectivity index (χ2v) is 13.5. The molecule has 4 fully saturated rings. The lowest BCUT2D eigenvalue weighted by molar-refractivity contribution is -0.239. The number of carbonyl (C=O) groups excluding carboxylic acids is 1. The summed E-state index contributed by atoms with van der Waals surface area (Å²) >= 11 is 0. The van der Waals surface area contributed by atoms with Gasteiger partial charge in [0.15, 0.2) is 0 Å². The van der Waals surface area contributed by atoms with Gasteiger partial charge in [0, 0.05) is 21.1 Å². The summed E-state index contributed by atoms with van der Waals surface area (Å²) < 4.78 is 28.8. The van der Waals surface area contributed by atoms with Crippen molar-refractivity contribution in [3.63, 3.8) is 0 Å². The van der Waals surface area contributed by atoms with Crippen LogP contribution in [0.1, 0.15) is 86.0 Å². The van der Waals surface area contributed by atoms with E-state index in [2.05, 4.69) is 27.7 Å². The highest BCUT2D eigenvalue weighted by atomic mass is 16.7. The Hall–Kier alpha value is -0.730. The van der Waals surface area contributed by atoms with Crippen LogP contribution < -0.4 is 0 Å². The summed E-state index contributed by atoms with van der Waals surface area (Å²) in [6, 6.07) is 0. The van der Waals surface area contributed by atoms with Gasteiger partial charge in [0.1, 0.15) is 13.6 Å². The Morgan fingerprint density at radius 2 is 1.66 bits per heavy atom. The average molecular weight is 539 g/mol. The second-order valence-electron chi connectivity index (χ2n) is 13.5. The molecule has 0 heterocycles. The molecule has 4 saturated carbocycles. The Morgan fingerprint density at radius 3 is 2.32 bits per heavy atom. The van der Waals surface area contributed by atoms with Crippen LogP contribution >= 0.6 is 0 Å². The predicted molar refractivity (Wildman–Crippen MR) is 145 cm³/mol. The van der Waals surface area contributed by atoms with Crippen LogP contribution in [0.5, 0.6) is 0 Å². The molecule has 0 aromatic heterocycles. The number of aliphatic hydroxyl groups excluding tert-OH is 1. The highest BCUT2D eigenvalue weighted by Crippen LogP contribution is 2.70. The van der Waals surface area contributed by atoms with Crippen LogP contribution in [-0.2, 0) is 28.5 Å². The molecule has 0 aliphatic heterocycles. The Kier molecular flexibility index (Phi) is 9.88. The van der Waals surface area contributed by atoms with Gasteiger partial charge >= 0.3 is 5.97 Å². The van der Waals surface area contributed by atoms with Gasteiger partial charge in [-0.25, -0.2) is 0 Å². The minimum absolute atomic E-state index is 0.0468. The topological polar surface area (TPSA) is 83.5 Å². The fraction of sp³-hybridized carbons (Fsp3) is 0.968. The third-order valence-corrected chi connectivity index (χ3v) is 11.7. The van der Waals surface area contributed by atoms with Crippen molar-refractivity contribution in [1.29, 1.82) is 0 Å². The number of methoxy groups -OCH3 is 2. The molecule has 0 unspecified atom stereocenters. The molecular weight excluding hydrogens is 484 g/mol. The highest BCUT2D eigenvalue weighted by Gasteiger charge is 2.67. The highest BCUT2D eigenvalue weighted by molar-refractivity contribution is 5.65. The van der Waals surface area contributed by atoms with Crippen molar-refractivity contribution in [2.75, 3.05) is 34.4 Å². The third kappa shape index (κ3) is 5.44. The van der Waals surface area contributed by atoms with Crippen LogP contribution in [0.2, 0.25) is 0 Å². The molecule has 0 radical (unpaired) electrons. The van der Waals surface area contributed by atoms with E-state index in [1.54, 1.807) is 14.2 Å². The van der Waals surface area contributed by atoms with E-state index in [1.165, 1.54) is 19.8 Å². The number of aliphatic hydroxyl groups is 1. The van der Waals surface area contributed by atoms with Gasteiger partial charge in [0.25, 0.3) is 0 Å². The van der Waals surface area contributed by atoms with E-state index in [0.717, 1.165) is 38.5 Å².